The smallest absolute Gasteiger partial charge is 0.270 e. The Balaban J connectivity index is 0.000000397. The van der Waals surface area contributed by atoms with Crippen LogP contribution < -0.4 is 0 Å². The van der Waals surface area contributed by atoms with Crippen molar-refractivity contribution in [3.8, 4) is 0 Å². The van der Waals surface area contributed by atoms with E-state index >= 15 is 0 Å². The van der Waals surface area contributed by atoms with Crippen molar-refractivity contribution in [1.29, 1.82) is 0 Å². The summed E-state index contributed by atoms with van der Waals surface area (Å²) in [5.74, 6) is 0. The van der Waals surface area contributed by atoms with Gasteiger partial charge >= 0.3 is 0 Å². The van der Waals surface area contributed by atoms with Gasteiger partial charge < -0.3 is 14.6 Å². The minimum atomic E-state index is -1.09. The second-order valence-corrected chi connectivity index (χ2v) is 14.5. The molecule has 0 unspecified atom stereocenters. The Kier molecular flexibility index (Phi) is 12.9. The number of nitro benzene ring substituents is 2. The SMILES string of the molecule is [C-]#[N+]c1ccc([N+](=O)[O-])c(CCO)c1.[C-]#[N+]c1ccc([N+](=O)[O-])c(CCOCOCC[Si](C)(C)C)c1. The predicted molar refractivity (Wildman–Crippen MR) is 138 cm³/mol. The Morgan fingerprint density at radius 1 is 0.861 bits per heavy atom. The standard InChI is InChI=1S/C15H22N2O4Si.C9H8N2O3/c1-16-14-5-6-15(17(18)19)13(11-14)7-8-20-12-21-9-10-22(2,3)4;1-10-8-2-3-9(11(13)14)7(6-8)4-5-12/h5-6,11H,7-10,12H2,2-4H3;2-3,6,12H,4-5H2. The lowest BCUT2D eigenvalue weighted by Gasteiger charge is -2.15. The Bertz CT molecular complexity index is 1120. The molecule has 0 heterocycles. The van der Waals surface area contributed by atoms with E-state index in [1.165, 1.54) is 30.3 Å². The van der Waals surface area contributed by atoms with E-state index < -0.39 is 17.9 Å². The molecule has 0 amide bonds. The zero-order valence-corrected chi connectivity index (χ0v) is 21.6. The van der Waals surface area contributed by atoms with Crippen LogP contribution in [0.3, 0.4) is 0 Å². The van der Waals surface area contributed by atoms with Gasteiger partial charge in [-0.15, -0.1) is 0 Å². The van der Waals surface area contributed by atoms with Crippen LogP contribution in [-0.4, -0.2) is 49.6 Å². The Hall–Kier alpha value is -3.68. The van der Waals surface area contributed by atoms with E-state index in [1.807, 2.05) is 0 Å². The van der Waals surface area contributed by atoms with Crippen molar-refractivity contribution in [2.75, 3.05) is 26.6 Å². The number of aliphatic hydroxyl groups is 1. The number of benzene rings is 2. The van der Waals surface area contributed by atoms with E-state index in [2.05, 4.69) is 29.3 Å². The van der Waals surface area contributed by atoms with Crippen LogP contribution in [0, 0.1) is 33.4 Å². The molecule has 0 saturated carbocycles. The number of nitro groups is 2. The summed E-state index contributed by atoms with van der Waals surface area (Å²) < 4.78 is 10.8. The van der Waals surface area contributed by atoms with Gasteiger partial charge in [-0.05, 0) is 30.3 Å². The molecule has 11 nitrogen and oxygen atoms in total. The number of ether oxygens (including phenoxy) is 2. The molecule has 0 spiro atoms. The lowest BCUT2D eigenvalue weighted by Crippen LogP contribution is -2.22. The third kappa shape index (κ3) is 11.2. The van der Waals surface area contributed by atoms with E-state index in [1.54, 1.807) is 6.07 Å². The number of hydrogen-bond donors (Lipinski definition) is 1. The molecular weight excluding hydrogens is 484 g/mol. The molecule has 0 saturated heterocycles. The van der Waals surface area contributed by atoms with E-state index in [0.29, 0.717) is 42.1 Å². The van der Waals surface area contributed by atoms with Gasteiger partial charge in [-0.1, -0.05) is 19.6 Å². The minimum Gasteiger partial charge on any atom is -0.396 e. The third-order valence-electron chi connectivity index (χ3n) is 4.84. The molecule has 36 heavy (non-hydrogen) atoms. The van der Waals surface area contributed by atoms with Crippen LogP contribution in [0.5, 0.6) is 0 Å². The first-order chi connectivity index (χ1) is 17.0. The van der Waals surface area contributed by atoms with Crippen molar-refractivity contribution >= 4 is 30.8 Å². The van der Waals surface area contributed by atoms with Gasteiger partial charge in [0.25, 0.3) is 11.4 Å². The molecule has 0 atom stereocenters. The fourth-order valence-corrected chi connectivity index (χ4v) is 3.65. The molecule has 0 aliphatic heterocycles. The molecule has 1 N–H and O–H groups in total. The van der Waals surface area contributed by atoms with Crippen LogP contribution in [0.15, 0.2) is 36.4 Å². The Morgan fingerprint density at radius 2 is 1.33 bits per heavy atom. The molecule has 12 heteroatoms. The number of nitrogens with zero attached hydrogens (tertiary/aromatic N) is 4. The van der Waals surface area contributed by atoms with Crippen LogP contribution >= 0.6 is 0 Å². The molecule has 2 aromatic rings. The van der Waals surface area contributed by atoms with Crippen molar-refractivity contribution in [1.82, 2.24) is 0 Å². The Morgan fingerprint density at radius 3 is 1.75 bits per heavy atom. The van der Waals surface area contributed by atoms with Gasteiger partial charge in [0.15, 0.2) is 11.4 Å². The van der Waals surface area contributed by atoms with Crippen molar-refractivity contribution < 1.29 is 24.4 Å². The fourth-order valence-electron chi connectivity index (χ4n) is 2.90. The van der Waals surface area contributed by atoms with E-state index in [9.17, 15) is 20.2 Å². The molecule has 192 valence electrons. The summed E-state index contributed by atoms with van der Waals surface area (Å²) in [6.07, 6.45) is 0.580. The topological polar surface area (TPSA) is 134 Å². The van der Waals surface area contributed by atoms with Gasteiger partial charge in [-0.2, -0.15) is 0 Å². The highest BCUT2D eigenvalue weighted by Crippen LogP contribution is 2.25. The van der Waals surface area contributed by atoms with E-state index in [4.69, 9.17) is 27.7 Å². The van der Waals surface area contributed by atoms with Crippen LogP contribution in [0.2, 0.25) is 25.7 Å². The zero-order valence-electron chi connectivity index (χ0n) is 20.6. The summed E-state index contributed by atoms with van der Waals surface area (Å²) >= 11 is 0. The zero-order chi connectivity index (χ0) is 27.1. The maximum atomic E-state index is 11.0. The average Bonchev–Trinajstić information content (AvgIpc) is 2.82. The van der Waals surface area contributed by atoms with Crippen molar-refractivity contribution in [2.45, 2.75) is 38.5 Å². The maximum absolute atomic E-state index is 11.0. The summed E-state index contributed by atoms with van der Waals surface area (Å²) in [5.41, 5.74) is 1.62. The van der Waals surface area contributed by atoms with Crippen molar-refractivity contribution in [3.05, 3.63) is 90.6 Å². The third-order valence-corrected chi connectivity index (χ3v) is 6.54. The summed E-state index contributed by atoms with van der Waals surface area (Å²) in [5, 5.41) is 30.2. The van der Waals surface area contributed by atoms with E-state index in [-0.39, 0.29) is 31.2 Å². The molecule has 0 bridgehead atoms. The molecule has 2 rings (SSSR count). The van der Waals surface area contributed by atoms with E-state index in [0.717, 1.165) is 6.04 Å². The highest BCUT2D eigenvalue weighted by molar-refractivity contribution is 6.76. The lowest BCUT2D eigenvalue weighted by atomic mass is 10.1. The highest BCUT2D eigenvalue weighted by atomic mass is 28.3. The quantitative estimate of drug-likeness (QED) is 0.0959. The highest BCUT2D eigenvalue weighted by Gasteiger charge is 2.15. The van der Waals surface area contributed by atoms with Gasteiger partial charge in [0.2, 0.25) is 0 Å². The summed E-state index contributed by atoms with van der Waals surface area (Å²) in [6.45, 7) is 21.6. The number of aliphatic hydroxyl groups excluding tert-OH is 1. The summed E-state index contributed by atoms with van der Waals surface area (Å²) in [7, 11) is -1.09. The fraction of sp³-hybridized carbons (Fsp3) is 0.417. The monoisotopic (exact) mass is 514 g/mol. The van der Waals surface area contributed by atoms with Crippen molar-refractivity contribution in [2.24, 2.45) is 0 Å². The lowest BCUT2D eigenvalue weighted by molar-refractivity contribution is -0.385. The summed E-state index contributed by atoms with van der Waals surface area (Å²) in [6, 6.07) is 9.56. The molecule has 0 aromatic heterocycles. The van der Waals surface area contributed by atoms with Gasteiger partial charge in [-0.25, -0.2) is 9.69 Å². The second-order valence-electron chi connectivity index (χ2n) is 8.83. The van der Waals surface area contributed by atoms with Crippen LogP contribution in [0.4, 0.5) is 22.7 Å². The second kappa shape index (κ2) is 15.3. The van der Waals surface area contributed by atoms with Crippen LogP contribution in [0.25, 0.3) is 9.69 Å². The van der Waals surface area contributed by atoms with Gasteiger partial charge in [0, 0.05) is 57.4 Å². The molecule has 2 aromatic carbocycles. The first-order valence-electron chi connectivity index (χ1n) is 11.1. The molecule has 0 aliphatic carbocycles. The van der Waals surface area contributed by atoms with Crippen LogP contribution in [0.1, 0.15) is 11.1 Å². The predicted octanol–water partition coefficient (Wildman–Crippen LogP) is 5.70. The largest absolute Gasteiger partial charge is 0.396 e. The molecule has 0 fully saturated rings. The normalized spacial score (nSPS) is 10.5. The first-order valence-corrected chi connectivity index (χ1v) is 14.8. The molecule has 0 aliphatic rings. The van der Waals surface area contributed by atoms with Gasteiger partial charge in [0.05, 0.1) is 29.6 Å². The minimum absolute atomic E-state index is 0.0238. The average molecular weight is 515 g/mol. The molecular formula is C24H30N4O7Si. The van der Waals surface area contributed by atoms with Gasteiger partial charge in [0.1, 0.15) is 6.79 Å². The maximum Gasteiger partial charge on any atom is 0.270 e. The molecule has 0 radical (unpaired) electrons. The number of hydrogen-bond acceptors (Lipinski definition) is 7. The van der Waals surface area contributed by atoms with Crippen LogP contribution in [-0.2, 0) is 22.3 Å². The Labute approximate surface area is 211 Å². The number of rotatable bonds is 12. The summed E-state index contributed by atoms with van der Waals surface area (Å²) in [4.78, 5) is 27.0. The van der Waals surface area contributed by atoms with Crippen molar-refractivity contribution in [3.63, 3.8) is 0 Å². The first kappa shape index (κ1) is 30.3. The van der Waals surface area contributed by atoms with Gasteiger partial charge in [-0.3, -0.25) is 20.2 Å².